The standard InChI is InChI=1S/C13H21ClN2S/c1-3-15-12-6-7-16(8-10(12)2)9-11-4-5-13(14)17-11/h4-5,10,12,15H,3,6-9H2,1-2H3. The number of rotatable bonds is 4. The second-order valence-electron chi connectivity index (χ2n) is 4.87. The molecule has 1 saturated heterocycles. The smallest absolute Gasteiger partial charge is 0.0931 e. The number of hydrogen-bond acceptors (Lipinski definition) is 3. The molecular weight excluding hydrogens is 252 g/mol. The van der Waals surface area contributed by atoms with Crippen molar-refractivity contribution in [3.8, 4) is 0 Å². The number of hydrogen-bond donors (Lipinski definition) is 1. The van der Waals surface area contributed by atoms with E-state index in [9.17, 15) is 0 Å². The molecule has 96 valence electrons. The highest BCUT2D eigenvalue weighted by atomic mass is 35.5. The second-order valence-corrected chi connectivity index (χ2v) is 6.67. The van der Waals surface area contributed by atoms with Gasteiger partial charge in [-0.2, -0.15) is 0 Å². The van der Waals surface area contributed by atoms with Crippen molar-refractivity contribution >= 4 is 22.9 Å². The molecule has 0 aliphatic carbocycles. The third-order valence-electron chi connectivity index (χ3n) is 3.46. The van der Waals surface area contributed by atoms with Crippen molar-refractivity contribution in [1.29, 1.82) is 0 Å². The first-order valence-corrected chi connectivity index (χ1v) is 7.58. The first-order valence-electron chi connectivity index (χ1n) is 6.39. The van der Waals surface area contributed by atoms with E-state index >= 15 is 0 Å². The van der Waals surface area contributed by atoms with Crippen LogP contribution in [0.2, 0.25) is 4.34 Å². The Morgan fingerprint density at radius 3 is 2.94 bits per heavy atom. The number of likely N-dealkylation sites (tertiary alicyclic amines) is 1. The molecule has 2 nitrogen and oxygen atoms in total. The van der Waals surface area contributed by atoms with Crippen LogP contribution in [0.25, 0.3) is 0 Å². The molecule has 0 radical (unpaired) electrons. The number of nitrogens with one attached hydrogen (secondary N) is 1. The lowest BCUT2D eigenvalue weighted by molar-refractivity contribution is 0.143. The van der Waals surface area contributed by atoms with Gasteiger partial charge in [-0.1, -0.05) is 25.4 Å². The summed E-state index contributed by atoms with van der Waals surface area (Å²) in [5.41, 5.74) is 0. The summed E-state index contributed by atoms with van der Waals surface area (Å²) in [5, 5.41) is 3.58. The Morgan fingerprint density at radius 1 is 1.53 bits per heavy atom. The minimum atomic E-state index is 0.697. The molecule has 1 aliphatic rings. The molecule has 2 heterocycles. The summed E-state index contributed by atoms with van der Waals surface area (Å²) in [6, 6.07) is 4.84. The van der Waals surface area contributed by atoms with Gasteiger partial charge in [0.1, 0.15) is 0 Å². The summed E-state index contributed by atoms with van der Waals surface area (Å²) in [6.07, 6.45) is 1.26. The van der Waals surface area contributed by atoms with E-state index in [1.807, 2.05) is 6.07 Å². The van der Waals surface area contributed by atoms with Crippen LogP contribution < -0.4 is 5.32 Å². The summed E-state index contributed by atoms with van der Waals surface area (Å²) < 4.78 is 0.899. The van der Waals surface area contributed by atoms with E-state index in [-0.39, 0.29) is 0 Å². The average Bonchev–Trinajstić information content (AvgIpc) is 2.68. The van der Waals surface area contributed by atoms with Crippen LogP contribution in [0, 0.1) is 5.92 Å². The van der Waals surface area contributed by atoms with Crippen LogP contribution in [-0.4, -0.2) is 30.6 Å². The normalized spacial score (nSPS) is 26.3. The molecule has 2 unspecified atom stereocenters. The van der Waals surface area contributed by atoms with E-state index in [1.54, 1.807) is 11.3 Å². The fourth-order valence-electron chi connectivity index (χ4n) is 2.60. The van der Waals surface area contributed by atoms with E-state index in [2.05, 4.69) is 30.1 Å². The lowest BCUT2D eigenvalue weighted by Crippen LogP contribution is -2.47. The van der Waals surface area contributed by atoms with Crippen molar-refractivity contribution in [3.63, 3.8) is 0 Å². The number of piperidine rings is 1. The summed E-state index contributed by atoms with van der Waals surface area (Å²) in [5.74, 6) is 0.735. The maximum atomic E-state index is 5.96. The highest BCUT2D eigenvalue weighted by Crippen LogP contribution is 2.25. The quantitative estimate of drug-likeness (QED) is 0.905. The Hall–Kier alpha value is -0.0900. The number of thiophene rings is 1. The summed E-state index contributed by atoms with van der Waals surface area (Å²) in [4.78, 5) is 3.92. The van der Waals surface area contributed by atoms with Crippen molar-refractivity contribution in [3.05, 3.63) is 21.3 Å². The maximum absolute atomic E-state index is 5.96. The molecule has 2 rings (SSSR count). The van der Waals surface area contributed by atoms with E-state index in [0.717, 1.165) is 23.3 Å². The van der Waals surface area contributed by atoms with Gasteiger partial charge in [0.15, 0.2) is 0 Å². The fraction of sp³-hybridized carbons (Fsp3) is 0.692. The van der Waals surface area contributed by atoms with E-state index in [1.165, 1.54) is 24.4 Å². The first kappa shape index (κ1) is 13.3. The molecule has 1 aromatic heterocycles. The van der Waals surface area contributed by atoms with Gasteiger partial charge in [0, 0.05) is 30.6 Å². The Kier molecular flexibility index (Phi) is 4.86. The highest BCUT2D eigenvalue weighted by Gasteiger charge is 2.25. The van der Waals surface area contributed by atoms with Crippen molar-refractivity contribution in [2.24, 2.45) is 5.92 Å². The van der Waals surface area contributed by atoms with Crippen LogP contribution in [0.4, 0.5) is 0 Å². The average molecular weight is 273 g/mol. The third-order valence-corrected chi connectivity index (χ3v) is 4.68. The largest absolute Gasteiger partial charge is 0.314 e. The zero-order valence-corrected chi connectivity index (χ0v) is 12.2. The van der Waals surface area contributed by atoms with Gasteiger partial charge in [0.2, 0.25) is 0 Å². The van der Waals surface area contributed by atoms with Gasteiger partial charge in [0.25, 0.3) is 0 Å². The first-order chi connectivity index (χ1) is 8.19. The summed E-state index contributed by atoms with van der Waals surface area (Å²) in [7, 11) is 0. The second kappa shape index (κ2) is 6.19. The molecule has 17 heavy (non-hydrogen) atoms. The van der Waals surface area contributed by atoms with Crippen LogP contribution in [-0.2, 0) is 6.54 Å². The topological polar surface area (TPSA) is 15.3 Å². The molecule has 0 spiro atoms. The summed E-state index contributed by atoms with van der Waals surface area (Å²) in [6.45, 7) is 9.05. The van der Waals surface area contributed by atoms with Crippen molar-refractivity contribution in [2.75, 3.05) is 19.6 Å². The van der Waals surface area contributed by atoms with Crippen LogP contribution in [0.1, 0.15) is 25.1 Å². The molecular formula is C13H21ClN2S. The lowest BCUT2D eigenvalue weighted by Gasteiger charge is -2.37. The molecule has 0 saturated carbocycles. The molecule has 4 heteroatoms. The monoisotopic (exact) mass is 272 g/mol. The molecule has 0 aromatic carbocycles. The lowest BCUT2D eigenvalue weighted by atomic mass is 9.94. The van der Waals surface area contributed by atoms with Crippen molar-refractivity contribution in [2.45, 2.75) is 32.9 Å². The minimum absolute atomic E-state index is 0.697. The zero-order chi connectivity index (χ0) is 12.3. The molecule has 0 bridgehead atoms. The predicted octanol–water partition coefficient (Wildman–Crippen LogP) is 3.22. The fourth-order valence-corrected chi connectivity index (χ4v) is 3.73. The van der Waals surface area contributed by atoms with Gasteiger partial charge in [-0.15, -0.1) is 11.3 Å². The van der Waals surface area contributed by atoms with Crippen LogP contribution >= 0.6 is 22.9 Å². The molecule has 2 atom stereocenters. The number of halogens is 1. The SMILES string of the molecule is CCNC1CCN(Cc2ccc(Cl)s2)CC1C. The van der Waals surface area contributed by atoms with Crippen molar-refractivity contribution < 1.29 is 0 Å². The number of nitrogens with zero attached hydrogens (tertiary/aromatic N) is 1. The van der Waals surface area contributed by atoms with E-state index < -0.39 is 0 Å². The molecule has 0 amide bonds. The zero-order valence-electron chi connectivity index (χ0n) is 10.6. The van der Waals surface area contributed by atoms with Crippen LogP contribution in [0.3, 0.4) is 0 Å². The Morgan fingerprint density at radius 2 is 2.35 bits per heavy atom. The van der Waals surface area contributed by atoms with Crippen molar-refractivity contribution in [1.82, 2.24) is 10.2 Å². The maximum Gasteiger partial charge on any atom is 0.0931 e. The van der Waals surface area contributed by atoms with Gasteiger partial charge < -0.3 is 5.32 Å². The van der Waals surface area contributed by atoms with Crippen LogP contribution in [0.5, 0.6) is 0 Å². The minimum Gasteiger partial charge on any atom is -0.314 e. The molecule has 1 N–H and O–H groups in total. The summed E-state index contributed by atoms with van der Waals surface area (Å²) >= 11 is 7.66. The van der Waals surface area contributed by atoms with Gasteiger partial charge in [0.05, 0.1) is 4.34 Å². The Bertz CT molecular complexity index is 353. The Labute approximate surface area is 113 Å². The predicted molar refractivity (Wildman–Crippen MR) is 75.9 cm³/mol. The molecule has 1 aliphatic heterocycles. The van der Waals surface area contributed by atoms with Gasteiger partial charge >= 0.3 is 0 Å². The molecule has 1 aromatic rings. The van der Waals surface area contributed by atoms with Crippen LogP contribution in [0.15, 0.2) is 12.1 Å². The van der Waals surface area contributed by atoms with E-state index in [0.29, 0.717) is 6.04 Å². The van der Waals surface area contributed by atoms with Gasteiger partial charge in [-0.3, -0.25) is 4.90 Å². The molecule has 1 fully saturated rings. The Balaban J connectivity index is 1.85. The van der Waals surface area contributed by atoms with Gasteiger partial charge in [-0.25, -0.2) is 0 Å². The third kappa shape index (κ3) is 3.68. The van der Waals surface area contributed by atoms with Gasteiger partial charge in [-0.05, 0) is 31.0 Å². The van der Waals surface area contributed by atoms with E-state index in [4.69, 9.17) is 11.6 Å². The highest BCUT2D eigenvalue weighted by molar-refractivity contribution is 7.16.